The van der Waals surface area contributed by atoms with Crippen molar-refractivity contribution in [3.8, 4) is 0 Å². The Morgan fingerprint density at radius 1 is 1.60 bits per heavy atom. The summed E-state index contributed by atoms with van der Waals surface area (Å²) in [6.07, 6.45) is 0. The number of alkyl halides is 1. The molecule has 0 aliphatic rings. The Bertz CT molecular complexity index is 167. The zero-order valence-corrected chi connectivity index (χ0v) is 8.03. The van der Waals surface area contributed by atoms with Crippen LogP contribution in [0.2, 0.25) is 0 Å². The molecule has 0 aliphatic carbocycles. The molecule has 10 heavy (non-hydrogen) atoms. The van der Waals surface area contributed by atoms with Gasteiger partial charge in [0.25, 0.3) is 0 Å². The molecule has 62 valence electrons. The molecular weight excluding hydrogens is 222 g/mol. The fourth-order valence-electron chi connectivity index (χ4n) is 0.338. The molecule has 0 aliphatic heterocycles. The summed E-state index contributed by atoms with van der Waals surface area (Å²) in [5.74, 6) is 0. The van der Waals surface area contributed by atoms with Crippen LogP contribution < -0.4 is 4.72 Å². The van der Waals surface area contributed by atoms with Gasteiger partial charge in [0.15, 0.2) is 0 Å². The molecule has 0 rings (SSSR count). The molecule has 4 nitrogen and oxygen atoms in total. The first-order valence-electron chi connectivity index (χ1n) is 2.64. The summed E-state index contributed by atoms with van der Waals surface area (Å²) in [5.41, 5.74) is 0. The van der Waals surface area contributed by atoms with Crippen LogP contribution in [0.3, 0.4) is 0 Å². The fourth-order valence-corrected chi connectivity index (χ4v) is 1.29. The zero-order valence-electron chi connectivity index (χ0n) is 5.63. The first kappa shape index (κ1) is 10.3. The molecule has 0 fully saturated rings. The van der Waals surface area contributed by atoms with Crippen LogP contribution in [-0.4, -0.2) is 33.3 Å². The van der Waals surface area contributed by atoms with E-state index in [1.807, 2.05) is 0 Å². The molecule has 6 heteroatoms. The maximum Gasteiger partial charge on any atom is 0.221 e. The molecule has 0 atom stereocenters. The van der Waals surface area contributed by atoms with Gasteiger partial charge in [0, 0.05) is 13.7 Å². The summed E-state index contributed by atoms with van der Waals surface area (Å²) in [4.78, 5) is 0. The van der Waals surface area contributed by atoms with Crippen molar-refractivity contribution in [3.63, 3.8) is 0 Å². The summed E-state index contributed by atoms with van der Waals surface area (Å²) >= 11 is 2.83. The molecule has 0 aromatic rings. The second-order valence-corrected chi connectivity index (χ2v) is 4.72. The van der Waals surface area contributed by atoms with Crippen LogP contribution >= 0.6 is 15.9 Å². The Hall–Kier alpha value is 0.350. The van der Waals surface area contributed by atoms with E-state index in [1.54, 1.807) is 0 Å². The van der Waals surface area contributed by atoms with Crippen LogP contribution in [0, 0.1) is 0 Å². The number of hydrogen-bond acceptors (Lipinski definition) is 3. The minimum atomic E-state index is -3.11. The standard InChI is InChI=1S/C4H10BrNO3S/c1-9-3-2-6-10(7,8)4-5/h6H,2-4H2,1H3. The first-order valence-corrected chi connectivity index (χ1v) is 5.42. The van der Waals surface area contributed by atoms with Crippen molar-refractivity contribution in [2.45, 2.75) is 0 Å². The number of halogens is 1. The van der Waals surface area contributed by atoms with Gasteiger partial charge in [-0.25, -0.2) is 13.1 Å². The van der Waals surface area contributed by atoms with Gasteiger partial charge in [0.05, 0.1) is 6.61 Å². The molecule has 0 aromatic heterocycles. The van der Waals surface area contributed by atoms with E-state index >= 15 is 0 Å². The van der Waals surface area contributed by atoms with Gasteiger partial charge in [-0.15, -0.1) is 0 Å². The van der Waals surface area contributed by atoms with E-state index in [4.69, 9.17) is 0 Å². The third-order valence-electron chi connectivity index (χ3n) is 0.772. The Labute approximate surface area is 69.1 Å². The number of methoxy groups -OCH3 is 1. The largest absolute Gasteiger partial charge is 0.383 e. The summed E-state index contributed by atoms with van der Waals surface area (Å²) in [7, 11) is -1.59. The van der Waals surface area contributed by atoms with Gasteiger partial charge in [-0.1, -0.05) is 15.9 Å². The maximum atomic E-state index is 10.7. The normalized spacial score (nSPS) is 11.8. The first-order chi connectivity index (χ1) is 4.62. The van der Waals surface area contributed by atoms with Gasteiger partial charge < -0.3 is 4.74 Å². The maximum absolute atomic E-state index is 10.7. The lowest BCUT2D eigenvalue weighted by atomic mass is 10.7. The highest BCUT2D eigenvalue weighted by Crippen LogP contribution is 1.89. The van der Waals surface area contributed by atoms with E-state index in [-0.39, 0.29) is 4.66 Å². The summed E-state index contributed by atoms with van der Waals surface area (Å²) in [6, 6.07) is 0. The van der Waals surface area contributed by atoms with Crippen LogP contribution in [0.5, 0.6) is 0 Å². The highest BCUT2D eigenvalue weighted by molar-refractivity contribution is 9.10. The number of sulfonamides is 1. The lowest BCUT2D eigenvalue weighted by Crippen LogP contribution is -2.27. The highest BCUT2D eigenvalue weighted by Gasteiger charge is 2.04. The van der Waals surface area contributed by atoms with Crippen LogP contribution in [0.15, 0.2) is 0 Å². The van der Waals surface area contributed by atoms with Gasteiger partial charge in [-0.3, -0.25) is 0 Å². The summed E-state index contributed by atoms with van der Waals surface area (Å²) in [5, 5.41) is 0. The minimum absolute atomic E-state index is 0.0658. The third-order valence-corrected chi connectivity index (χ3v) is 3.51. The number of ether oxygens (including phenoxy) is 1. The van der Waals surface area contributed by atoms with E-state index in [2.05, 4.69) is 25.4 Å². The SMILES string of the molecule is COCCNS(=O)(=O)CBr. The van der Waals surface area contributed by atoms with Crippen molar-refractivity contribution in [2.75, 3.05) is 24.9 Å². The van der Waals surface area contributed by atoms with Gasteiger partial charge in [-0.05, 0) is 0 Å². The summed E-state index contributed by atoms with van der Waals surface area (Å²) < 4.78 is 28.2. The van der Waals surface area contributed by atoms with E-state index in [0.717, 1.165) is 0 Å². The van der Waals surface area contributed by atoms with Crippen molar-refractivity contribution >= 4 is 26.0 Å². The zero-order chi connectivity index (χ0) is 8.04. The molecule has 0 saturated carbocycles. The van der Waals surface area contributed by atoms with Gasteiger partial charge in [0.2, 0.25) is 10.0 Å². The fraction of sp³-hybridized carbons (Fsp3) is 1.00. The van der Waals surface area contributed by atoms with Crippen molar-refractivity contribution in [2.24, 2.45) is 0 Å². The molecule has 0 saturated heterocycles. The van der Waals surface area contributed by atoms with Crippen LogP contribution in [0.4, 0.5) is 0 Å². The topological polar surface area (TPSA) is 55.4 Å². The lowest BCUT2D eigenvalue weighted by Gasteiger charge is -2.00. The lowest BCUT2D eigenvalue weighted by molar-refractivity contribution is 0.204. The second kappa shape index (κ2) is 5.06. The van der Waals surface area contributed by atoms with E-state index in [9.17, 15) is 8.42 Å². The molecular formula is C4H10BrNO3S. The molecule has 0 unspecified atom stereocenters. The van der Waals surface area contributed by atoms with E-state index in [0.29, 0.717) is 13.2 Å². The average molecular weight is 232 g/mol. The van der Waals surface area contributed by atoms with Crippen LogP contribution in [0.1, 0.15) is 0 Å². The van der Waals surface area contributed by atoms with E-state index in [1.165, 1.54) is 7.11 Å². The number of hydrogen-bond donors (Lipinski definition) is 1. The molecule has 0 radical (unpaired) electrons. The van der Waals surface area contributed by atoms with Crippen molar-refractivity contribution in [1.29, 1.82) is 0 Å². The highest BCUT2D eigenvalue weighted by atomic mass is 79.9. The third kappa shape index (κ3) is 5.16. The Morgan fingerprint density at radius 3 is 2.60 bits per heavy atom. The average Bonchev–Trinajstić information content (AvgIpc) is 1.89. The summed E-state index contributed by atoms with van der Waals surface area (Å²) in [6.45, 7) is 0.719. The van der Waals surface area contributed by atoms with Crippen molar-refractivity contribution in [3.05, 3.63) is 0 Å². The smallest absolute Gasteiger partial charge is 0.221 e. The van der Waals surface area contributed by atoms with Crippen molar-refractivity contribution in [1.82, 2.24) is 4.72 Å². The predicted octanol–water partition coefficient (Wildman–Crippen LogP) is -0.0954. The Kier molecular flexibility index (Phi) is 5.24. The van der Waals surface area contributed by atoms with Gasteiger partial charge in [0.1, 0.15) is 4.66 Å². The number of rotatable bonds is 5. The minimum Gasteiger partial charge on any atom is -0.383 e. The van der Waals surface area contributed by atoms with Crippen LogP contribution in [0.25, 0.3) is 0 Å². The molecule has 0 aromatic carbocycles. The Balaban J connectivity index is 3.49. The number of nitrogens with one attached hydrogen (secondary N) is 1. The van der Waals surface area contributed by atoms with Gasteiger partial charge >= 0.3 is 0 Å². The van der Waals surface area contributed by atoms with Crippen molar-refractivity contribution < 1.29 is 13.2 Å². The van der Waals surface area contributed by atoms with Crippen LogP contribution in [-0.2, 0) is 14.8 Å². The monoisotopic (exact) mass is 231 g/mol. The molecule has 0 bridgehead atoms. The van der Waals surface area contributed by atoms with Gasteiger partial charge in [-0.2, -0.15) is 0 Å². The molecule has 1 N–H and O–H groups in total. The molecule has 0 heterocycles. The predicted molar refractivity (Wildman–Crippen MR) is 42.6 cm³/mol. The molecule has 0 amide bonds. The second-order valence-electron chi connectivity index (χ2n) is 1.61. The molecule has 0 spiro atoms. The van der Waals surface area contributed by atoms with E-state index < -0.39 is 10.0 Å². The quantitative estimate of drug-likeness (QED) is 0.532. The Morgan fingerprint density at radius 2 is 2.20 bits per heavy atom.